The highest BCUT2D eigenvalue weighted by atomic mass is 15.2. The van der Waals surface area contributed by atoms with Gasteiger partial charge in [0.25, 0.3) is 0 Å². The van der Waals surface area contributed by atoms with Crippen molar-refractivity contribution in [3.8, 4) is 11.1 Å². The molecular formula is C48H37N3. The van der Waals surface area contributed by atoms with Crippen molar-refractivity contribution in [3.05, 3.63) is 203 Å². The smallest absolute Gasteiger partial charge is 0.159 e. The molecule has 3 unspecified atom stereocenters. The molecule has 0 radical (unpaired) electrons. The second-order valence-corrected chi connectivity index (χ2v) is 14.0. The Morgan fingerprint density at radius 2 is 1.31 bits per heavy atom. The molecule has 3 atom stereocenters. The number of hydrogen-bond donors (Lipinski definition) is 1. The Hall–Kier alpha value is -6.06. The van der Waals surface area contributed by atoms with Crippen molar-refractivity contribution in [2.24, 2.45) is 15.9 Å². The van der Waals surface area contributed by atoms with Crippen molar-refractivity contribution in [3.63, 3.8) is 0 Å². The first kappa shape index (κ1) is 29.8. The molecule has 1 heterocycles. The van der Waals surface area contributed by atoms with Gasteiger partial charge in [0.15, 0.2) is 5.84 Å². The molecule has 6 aromatic rings. The average Bonchev–Trinajstić information content (AvgIpc) is 3.60. The van der Waals surface area contributed by atoms with Crippen LogP contribution in [0.15, 0.2) is 196 Å². The second kappa shape index (κ2) is 12.4. The van der Waals surface area contributed by atoms with E-state index in [4.69, 9.17) is 9.98 Å². The number of fused-ring (bicyclic) bond motifs is 5. The van der Waals surface area contributed by atoms with E-state index >= 15 is 0 Å². The van der Waals surface area contributed by atoms with Gasteiger partial charge in [0.1, 0.15) is 12.0 Å². The molecule has 10 rings (SSSR count). The fraction of sp³-hybridized carbons (Fsp3) is 0.125. The van der Waals surface area contributed by atoms with E-state index < -0.39 is 0 Å². The highest BCUT2D eigenvalue weighted by Gasteiger charge is 2.41. The number of nitrogens with zero attached hydrogens (tertiary/aromatic N) is 2. The van der Waals surface area contributed by atoms with Gasteiger partial charge < -0.3 is 5.32 Å². The fourth-order valence-electron chi connectivity index (χ4n) is 8.75. The monoisotopic (exact) mass is 655 g/mol. The van der Waals surface area contributed by atoms with Gasteiger partial charge in [0.2, 0.25) is 0 Å². The van der Waals surface area contributed by atoms with Gasteiger partial charge in [-0.2, -0.15) is 0 Å². The van der Waals surface area contributed by atoms with Crippen molar-refractivity contribution >= 4 is 33.2 Å². The first-order valence-electron chi connectivity index (χ1n) is 18.1. The summed E-state index contributed by atoms with van der Waals surface area (Å²) in [4.78, 5) is 10.4. The van der Waals surface area contributed by atoms with E-state index in [1.54, 1.807) is 5.57 Å². The molecule has 0 aromatic heterocycles. The summed E-state index contributed by atoms with van der Waals surface area (Å²) < 4.78 is 0. The zero-order valence-corrected chi connectivity index (χ0v) is 28.3. The summed E-state index contributed by atoms with van der Waals surface area (Å²) in [6, 6.07) is 50.2. The zero-order valence-electron chi connectivity index (χ0n) is 28.3. The molecule has 0 spiro atoms. The zero-order chi connectivity index (χ0) is 33.7. The molecule has 3 heteroatoms. The van der Waals surface area contributed by atoms with Gasteiger partial charge >= 0.3 is 0 Å². The predicted molar refractivity (Wildman–Crippen MR) is 212 cm³/mol. The van der Waals surface area contributed by atoms with Crippen molar-refractivity contribution in [2.45, 2.75) is 31.3 Å². The average molecular weight is 656 g/mol. The minimum Gasteiger partial charge on any atom is -0.344 e. The summed E-state index contributed by atoms with van der Waals surface area (Å²) in [7, 11) is 0. The minimum absolute atomic E-state index is 0.143. The summed E-state index contributed by atoms with van der Waals surface area (Å²) in [6.45, 7) is 0. The third kappa shape index (κ3) is 5.20. The Morgan fingerprint density at radius 3 is 2.14 bits per heavy atom. The predicted octanol–water partition coefficient (Wildman–Crippen LogP) is 11.4. The Bertz CT molecular complexity index is 2510. The molecule has 4 aliphatic rings. The maximum atomic E-state index is 5.29. The molecule has 0 saturated heterocycles. The molecule has 1 N–H and O–H groups in total. The number of aliphatic imine (C=N–C) groups is 2. The Labute approximate surface area is 298 Å². The van der Waals surface area contributed by atoms with Crippen molar-refractivity contribution in [2.75, 3.05) is 0 Å². The SMILES string of the molecule is C1=CC2=C(CC1)C1=CC=C(C3=NC(c4ccccc4)=NC(c4ccccc4)N3)C(c3ccc(-c4cc5ccccc5c5ccccc45)cc3)C1C2. The molecule has 0 amide bonds. The largest absolute Gasteiger partial charge is 0.344 e. The molecule has 0 saturated carbocycles. The molecule has 3 nitrogen and oxygen atoms in total. The maximum Gasteiger partial charge on any atom is 0.159 e. The summed E-state index contributed by atoms with van der Waals surface area (Å²) in [6.07, 6.45) is 12.5. The lowest BCUT2D eigenvalue weighted by molar-refractivity contribution is 0.556. The third-order valence-electron chi connectivity index (χ3n) is 11.1. The van der Waals surface area contributed by atoms with Crippen LogP contribution in [0.3, 0.4) is 0 Å². The van der Waals surface area contributed by atoms with Crippen LogP contribution in [0.4, 0.5) is 0 Å². The van der Waals surface area contributed by atoms with E-state index in [2.05, 4.69) is 163 Å². The van der Waals surface area contributed by atoms with E-state index in [-0.39, 0.29) is 12.1 Å². The standard InChI is InChI=1S/C48H37N3/c1-3-13-33(14-4-1)46-49-47(34-15-5-2-6-16-34)51-48(50-46)42-28-27-41-38-20-10-8-18-36(38)30-44(41)45(42)32-25-23-31(24-26-32)43-29-35-17-7-9-19-37(35)39-21-11-12-22-40(39)43/h1-9,11-19,21-29,44-46H,10,20,30H2,(H,49,50,51). The number of allylic oxidation sites excluding steroid dienone is 7. The topological polar surface area (TPSA) is 36.8 Å². The number of benzene rings is 6. The van der Waals surface area contributed by atoms with Gasteiger partial charge in [-0.3, -0.25) is 0 Å². The summed E-state index contributed by atoms with van der Waals surface area (Å²) >= 11 is 0. The van der Waals surface area contributed by atoms with Crippen molar-refractivity contribution in [1.82, 2.24) is 5.32 Å². The van der Waals surface area contributed by atoms with E-state index in [1.165, 1.54) is 55.0 Å². The first-order valence-corrected chi connectivity index (χ1v) is 18.1. The minimum atomic E-state index is -0.234. The molecular weight excluding hydrogens is 619 g/mol. The highest BCUT2D eigenvalue weighted by molar-refractivity contribution is 6.15. The van der Waals surface area contributed by atoms with Crippen molar-refractivity contribution < 1.29 is 0 Å². The lowest BCUT2D eigenvalue weighted by Gasteiger charge is -2.34. The number of hydrogen-bond acceptors (Lipinski definition) is 3. The Kier molecular flexibility index (Phi) is 7.23. The Morgan fingerprint density at radius 1 is 0.608 bits per heavy atom. The second-order valence-electron chi connectivity index (χ2n) is 14.0. The highest BCUT2D eigenvalue weighted by Crippen LogP contribution is 2.52. The van der Waals surface area contributed by atoms with E-state index in [0.29, 0.717) is 5.92 Å². The van der Waals surface area contributed by atoms with Gasteiger partial charge in [-0.05, 0) is 91.8 Å². The van der Waals surface area contributed by atoms with Crippen LogP contribution in [0.1, 0.15) is 48.0 Å². The molecule has 3 aliphatic carbocycles. The molecule has 244 valence electrons. The van der Waals surface area contributed by atoms with Gasteiger partial charge in [-0.15, -0.1) is 0 Å². The fourth-order valence-corrected chi connectivity index (χ4v) is 8.75. The number of amidine groups is 2. The third-order valence-corrected chi connectivity index (χ3v) is 11.1. The van der Waals surface area contributed by atoms with E-state index in [9.17, 15) is 0 Å². The molecule has 0 bridgehead atoms. The van der Waals surface area contributed by atoms with Crippen LogP contribution in [-0.2, 0) is 0 Å². The van der Waals surface area contributed by atoms with Gasteiger partial charge in [0, 0.05) is 17.1 Å². The van der Waals surface area contributed by atoms with Crippen molar-refractivity contribution in [1.29, 1.82) is 0 Å². The van der Waals surface area contributed by atoms with E-state index in [1.807, 2.05) is 6.07 Å². The summed E-state index contributed by atoms with van der Waals surface area (Å²) in [5.41, 5.74) is 11.7. The summed E-state index contributed by atoms with van der Waals surface area (Å²) in [5, 5.41) is 8.94. The first-order chi connectivity index (χ1) is 25.3. The van der Waals surface area contributed by atoms with Crippen LogP contribution in [-0.4, -0.2) is 11.7 Å². The van der Waals surface area contributed by atoms with Crippen LogP contribution in [0.2, 0.25) is 0 Å². The number of rotatable bonds is 5. The van der Waals surface area contributed by atoms with Gasteiger partial charge in [0.05, 0.1) is 0 Å². The molecule has 0 fully saturated rings. The normalized spacial score (nSPS) is 21.0. The quantitative estimate of drug-likeness (QED) is 0.184. The van der Waals surface area contributed by atoms with Gasteiger partial charge in [-0.25, -0.2) is 9.98 Å². The van der Waals surface area contributed by atoms with Crippen LogP contribution in [0, 0.1) is 5.92 Å². The molecule has 1 aliphatic heterocycles. The van der Waals surface area contributed by atoms with Crippen LogP contribution in [0.25, 0.3) is 32.7 Å². The molecule has 51 heavy (non-hydrogen) atoms. The van der Waals surface area contributed by atoms with Crippen LogP contribution >= 0.6 is 0 Å². The van der Waals surface area contributed by atoms with Crippen LogP contribution in [0.5, 0.6) is 0 Å². The maximum absolute atomic E-state index is 5.29. The van der Waals surface area contributed by atoms with Crippen LogP contribution < -0.4 is 5.32 Å². The molecule has 6 aromatic carbocycles. The lowest BCUT2D eigenvalue weighted by atomic mass is 9.72. The van der Waals surface area contributed by atoms with E-state index in [0.717, 1.165) is 42.1 Å². The lowest BCUT2D eigenvalue weighted by Crippen LogP contribution is -2.37. The Balaban J connectivity index is 1.09. The van der Waals surface area contributed by atoms with Gasteiger partial charge in [-0.1, -0.05) is 158 Å². The number of nitrogens with one attached hydrogen (secondary N) is 1. The summed E-state index contributed by atoms with van der Waals surface area (Å²) in [5.74, 6) is 2.16.